The molecule has 0 saturated heterocycles. The Morgan fingerprint density at radius 2 is 1.77 bits per heavy atom. The maximum absolute atomic E-state index is 12.5. The Kier molecular flexibility index (Phi) is 7.88. The standard InChI is InChI=1S/C19H18ClF2NO6S/c1-12-3-8-17(29-19(21)22)15(9-12)16(24)11-28-18(25)10-23(2)30(26,27)14-6-4-13(20)5-7-14/h3-9,19H,10-11H2,1-2H3. The first kappa shape index (κ1) is 23.7. The lowest BCUT2D eigenvalue weighted by Gasteiger charge is -2.16. The maximum atomic E-state index is 12.5. The molecular formula is C19H18ClF2NO6S. The van der Waals surface area contributed by atoms with Crippen molar-refractivity contribution in [1.82, 2.24) is 4.31 Å². The van der Waals surface area contributed by atoms with Gasteiger partial charge in [0.25, 0.3) is 0 Å². The summed E-state index contributed by atoms with van der Waals surface area (Å²) >= 11 is 5.73. The smallest absolute Gasteiger partial charge is 0.387 e. The number of benzene rings is 2. The Balaban J connectivity index is 2.01. The number of ether oxygens (including phenoxy) is 2. The summed E-state index contributed by atoms with van der Waals surface area (Å²) in [6.07, 6.45) is 0. The third-order valence-corrected chi connectivity index (χ3v) is 5.96. The molecule has 0 spiro atoms. The van der Waals surface area contributed by atoms with E-state index in [0.717, 1.165) is 4.31 Å². The Bertz CT molecular complexity index is 1030. The van der Waals surface area contributed by atoms with Gasteiger partial charge in [0, 0.05) is 12.1 Å². The van der Waals surface area contributed by atoms with Crippen molar-refractivity contribution in [3.63, 3.8) is 0 Å². The lowest BCUT2D eigenvalue weighted by atomic mass is 10.1. The van der Waals surface area contributed by atoms with E-state index in [1.54, 1.807) is 6.92 Å². The molecule has 2 rings (SSSR count). The Morgan fingerprint density at radius 1 is 1.13 bits per heavy atom. The summed E-state index contributed by atoms with van der Waals surface area (Å²) in [6.45, 7) is -2.91. The molecule has 0 aromatic heterocycles. The van der Waals surface area contributed by atoms with Crippen LogP contribution in [0, 0.1) is 6.92 Å². The summed E-state index contributed by atoms with van der Waals surface area (Å²) in [5.41, 5.74) is 0.435. The van der Waals surface area contributed by atoms with Gasteiger partial charge in [0.05, 0.1) is 10.5 Å². The normalized spacial score (nSPS) is 11.6. The first-order valence-corrected chi connectivity index (χ1v) is 10.3. The van der Waals surface area contributed by atoms with Gasteiger partial charge in [0.15, 0.2) is 6.61 Å². The molecule has 0 aliphatic carbocycles. The molecule has 0 amide bonds. The third-order valence-electron chi connectivity index (χ3n) is 3.89. The van der Waals surface area contributed by atoms with Gasteiger partial charge < -0.3 is 9.47 Å². The van der Waals surface area contributed by atoms with Crippen LogP contribution in [-0.2, 0) is 19.6 Å². The largest absolute Gasteiger partial charge is 0.456 e. The van der Waals surface area contributed by atoms with Gasteiger partial charge in [-0.15, -0.1) is 0 Å². The topological polar surface area (TPSA) is 90.0 Å². The van der Waals surface area contributed by atoms with Crippen molar-refractivity contribution in [3.8, 4) is 5.75 Å². The summed E-state index contributed by atoms with van der Waals surface area (Å²) in [7, 11) is -2.81. The quantitative estimate of drug-likeness (QED) is 0.420. The van der Waals surface area contributed by atoms with Crippen molar-refractivity contribution in [2.24, 2.45) is 0 Å². The zero-order valence-corrected chi connectivity index (χ0v) is 17.5. The molecule has 11 heteroatoms. The molecule has 30 heavy (non-hydrogen) atoms. The second-order valence-corrected chi connectivity index (χ2v) is 8.66. The number of halogens is 3. The number of aryl methyl sites for hydroxylation is 1. The van der Waals surface area contributed by atoms with E-state index in [4.69, 9.17) is 16.3 Å². The number of hydrogen-bond acceptors (Lipinski definition) is 6. The van der Waals surface area contributed by atoms with Gasteiger partial charge in [0.2, 0.25) is 15.8 Å². The molecule has 0 atom stereocenters. The number of esters is 1. The predicted molar refractivity (Wildman–Crippen MR) is 104 cm³/mol. The number of nitrogens with zero attached hydrogens (tertiary/aromatic N) is 1. The van der Waals surface area contributed by atoms with Crippen molar-refractivity contribution in [3.05, 3.63) is 58.6 Å². The molecule has 0 aliphatic rings. The Labute approximate surface area is 177 Å². The molecule has 162 valence electrons. The highest BCUT2D eigenvalue weighted by atomic mass is 35.5. The Hall–Kier alpha value is -2.56. The van der Waals surface area contributed by atoms with Crippen molar-refractivity contribution in [2.75, 3.05) is 20.2 Å². The minimum absolute atomic E-state index is 0.0770. The van der Waals surface area contributed by atoms with E-state index in [-0.39, 0.29) is 16.2 Å². The SMILES string of the molecule is Cc1ccc(OC(F)F)c(C(=O)COC(=O)CN(C)S(=O)(=O)c2ccc(Cl)cc2)c1. The Morgan fingerprint density at radius 3 is 2.37 bits per heavy atom. The van der Waals surface area contributed by atoms with Crippen LogP contribution in [0.15, 0.2) is 47.4 Å². The van der Waals surface area contributed by atoms with Crippen molar-refractivity contribution in [1.29, 1.82) is 0 Å². The molecule has 0 heterocycles. The molecule has 0 fully saturated rings. The van der Waals surface area contributed by atoms with E-state index in [1.165, 1.54) is 49.5 Å². The monoisotopic (exact) mass is 461 g/mol. The van der Waals surface area contributed by atoms with Gasteiger partial charge in [-0.25, -0.2) is 8.42 Å². The fourth-order valence-electron chi connectivity index (χ4n) is 2.38. The van der Waals surface area contributed by atoms with Gasteiger partial charge in [0.1, 0.15) is 12.3 Å². The summed E-state index contributed by atoms with van der Waals surface area (Å²) in [4.78, 5) is 24.2. The van der Waals surface area contributed by atoms with E-state index in [2.05, 4.69) is 4.74 Å². The van der Waals surface area contributed by atoms with Crippen LogP contribution in [0.4, 0.5) is 8.78 Å². The highest BCUT2D eigenvalue weighted by Crippen LogP contribution is 2.23. The molecule has 0 aliphatic heterocycles. The van der Waals surface area contributed by atoms with Crippen LogP contribution in [0.1, 0.15) is 15.9 Å². The van der Waals surface area contributed by atoms with Crippen molar-refractivity contribution in [2.45, 2.75) is 18.4 Å². The third kappa shape index (κ3) is 6.22. The van der Waals surface area contributed by atoms with Crippen molar-refractivity contribution < 1.29 is 36.3 Å². The van der Waals surface area contributed by atoms with Crippen LogP contribution in [0.5, 0.6) is 5.75 Å². The van der Waals surface area contributed by atoms with Crippen molar-refractivity contribution >= 4 is 33.4 Å². The number of likely N-dealkylation sites (N-methyl/N-ethyl adjacent to an activating group) is 1. The van der Waals surface area contributed by atoms with Crippen LogP contribution >= 0.6 is 11.6 Å². The molecule has 0 radical (unpaired) electrons. The number of alkyl halides is 2. The molecule has 0 saturated carbocycles. The zero-order valence-electron chi connectivity index (χ0n) is 16.0. The average molecular weight is 462 g/mol. The maximum Gasteiger partial charge on any atom is 0.387 e. The summed E-state index contributed by atoms with van der Waals surface area (Å²) in [6, 6.07) is 9.36. The molecule has 2 aromatic rings. The van der Waals surface area contributed by atoms with Gasteiger partial charge in [-0.2, -0.15) is 13.1 Å². The zero-order chi connectivity index (χ0) is 22.5. The predicted octanol–water partition coefficient (Wildman–Crippen LogP) is 3.30. The molecule has 7 nitrogen and oxygen atoms in total. The van der Waals surface area contributed by atoms with E-state index in [9.17, 15) is 26.8 Å². The van der Waals surface area contributed by atoms with E-state index in [1.807, 2.05) is 0 Å². The number of Topliss-reactive ketones (excluding diaryl/α,β-unsaturated/α-hetero) is 1. The first-order valence-electron chi connectivity index (χ1n) is 8.47. The molecule has 0 N–H and O–H groups in total. The highest BCUT2D eigenvalue weighted by molar-refractivity contribution is 7.89. The van der Waals surface area contributed by atoms with Gasteiger partial charge in [-0.05, 0) is 43.3 Å². The molecular weight excluding hydrogens is 444 g/mol. The second-order valence-electron chi connectivity index (χ2n) is 6.18. The minimum atomic E-state index is -3.98. The summed E-state index contributed by atoms with van der Waals surface area (Å²) < 4.78 is 59.8. The molecule has 0 unspecified atom stereocenters. The summed E-state index contributed by atoms with van der Waals surface area (Å²) in [5, 5.41) is 0.348. The lowest BCUT2D eigenvalue weighted by molar-refractivity contribution is -0.142. The van der Waals surface area contributed by atoms with E-state index in [0.29, 0.717) is 10.6 Å². The number of sulfonamides is 1. The lowest BCUT2D eigenvalue weighted by Crippen LogP contribution is -2.33. The molecule has 2 aromatic carbocycles. The fourth-order valence-corrected chi connectivity index (χ4v) is 3.62. The number of carbonyl (C=O) groups is 2. The highest BCUT2D eigenvalue weighted by Gasteiger charge is 2.24. The van der Waals surface area contributed by atoms with E-state index >= 15 is 0 Å². The van der Waals surface area contributed by atoms with Crippen LogP contribution < -0.4 is 4.74 Å². The first-order chi connectivity index (χ1) is 14.0. The number of rotatable bonds is 9. The molecule has 0 bridgehead atoms. The number of carbonyl (C=O) groups excluding carboxylic acids is 2. The van der Waals surface area contributed by atoms with Gasteiger partial charge >= 0.3 is 12.6 Å². The van der Waals surface area contributed by atoms with Crippen LogP contribution in [0.3, 0.4) is 0 Å². The van der Waals surface area contributed by atoms with Gasteiger partial charge in [-0.1, -0.05) is 23.2 Å². The summed E-state index contributed by atoms with van der Waals surface area (Å²) in [5.74, 6) is -2.11. The average Bonchev–Trinajstić information content (AvgIpc) is 2.67. The van der Waals surface area contributed by atoms with Crippen LogP contribution in [0.25, 0.3) is 0 Å². The second kappa shape index (κ2) is 9.96. The number of hydrogen-bond donors (Lipinski definition) is 0. The minimum Gasteiger partial charge on any atom is -0.456 e. The fraction of sp³-hybridized carbons (Fsp3) is 0.263. The van der Waals surface area contributed by atoms with Crippen LogP contribution in [0.2, 0.25) is 5.02 Å². The van der Waals surface area contributed by atoms with E-state index < -0.39 is 41.5 Å². The number of ketones is 1. The van der Waals surface area contributed by atoms with Crippen LogP contribution in [-0.4, -0.2) is 51.3 Å². The van der Waals surface area contributed by atoms with Gasteiger partial charge in [-0.3, -0.25) is 9.59 Å².